The SMILES string of the molecule is C[C@@]12CCC(CC1CO)O2. The molecule has 2 rings (SSSR count). The van der Waals surface area contributed by atoms with Gasteiger partial charge >= 0.3 is 0 Å². The molecular weight excluding hydrogens is 128 g/mol. The van der Waals surface area contributed by atoms with Gasteiger partial charge in [0, 0.05) is 12.5 Å². The molecule has 2 aliphatic heterocycles. The number of ether oxygens (including phenoxy) is 1. The molecular formula is C8H14O2. The normalized spacial score (nSPS) is 52.2. The van der Waals surface area contributed by atoms with Crippen LogP contribution in [-0.2, 0) is 4.74 Å². The second-order valence-corrected chi connectivity index (χ2v) is 3.71. The van der Waals surface area contributed by atoms with Crippen molar-refractivity contribution in [1.82, 2.24) is 0 Å². The third-order valence-electron chi connectivity index (χ3n) is 3.03. The lowest BCUT2D eigenvalue weighted by Crippen LogP contribution is -2.32. The summed E-state index contributed by atoms with van der Waals surface area (Å²) in [5.41, 5.74) is 0.0272. The predicted octanol–water partition coefficient (Wildman–Crippen LogP) is 0.936. The molecule has 0 radical (unpaired) electrons. The van der Waals surface area contributed by atoms with Crippen LogP contribution in [0, 0.1) is 5.92 Å². The van der Waals surface area contributed by atoms with Gasteiger partial charge in [-0.1, -0.05) is 0 Å². The Hall–Kier alpha value is -0.0800. The summed E-state index contributed by atoms with van der Waals surface area (Å²) < 4.78 is 5.70. The highest BCUT2D eigenvalue weighted by atomic mass is 16.5. The van der Waals surface area contributed by atoms with Crippen LogP contribution in [0.25, 0.3) is 0 Å². The lowest BCUT2D eigenvalue weighted by Gasteiger charge is -2.26. The first-order valence-corrected chi connectivity index (χ1v) is 4.03. The minimum atomic E-state index is 0.0272. The number of fused-ring (bicyclic) bond motifs is 2. The fourth-order valence-corrected chi connectivity index (χ4v) is 2.25. The van der Waals surface area contributed by atoms with Crippen molar-refractivity contribution in [3.05, 3.63) is 0 Å². The standard InChI is InChI=1S/C8H14O2/c1-8-3-2-7(10-8)4-6(8)5-9/h6-7,9H,2-5H2,1H3/t6?,7?,8-/m1/s1. The van der Waals surface area contributed by atoms with Crippen LogP contribution in [0.2, 0.25) is 0 Å². The van der Waals surface area contributed by atoms with E-state index in [1.54, 1.807) is 0 Å². The largest absolute Gasteiger partial charge is 0.396 e. The van der Waals surface area contributed by atoms with Gasteiger partial charge in [-0.3, -0.25) is 0 Å². The molecule has 0 amide bonds. The van der Waals surface area contributed by atoms with Gasteiger partial charge in [0.15, 0.2) is 0 Å². The first kappa shape index (κ1) is 6.62. The van der Waals surface area contributed by atoms with Crippen molar-refractivity contribution >= 4 is 0 Å². The van der Waals surface area contributed by atoms with E-state index < -0.39 is 0 Å². The third kappa shape index (κ3) is 0.722. The molecule has 0 aromatic carbocycles. The van der Waals surface area contributed by atoms with Crippen molar-refractivity contribution in [2.24, 2.45) is 5.92 Å². The Morgan fingerprint density at radius 2 is 2.50 bits per heavy atom. The molecule has 0 aromatic rings. The van der Waals surface area contributed by atoms with E-state index in [0.717, 1.165) is 12.8 Å². The molecule has 2 heterocycles. The smallest absolute Gasteiger partial charge is 0.0710 e. The fraction of sp³-hybridized carbons (Fsp3) is 1.00. The van der Waals surface area contributed by atoms with Gasteiger partial charge < -0.3 is 9.84 Å². The third-order valence-corrected chi connectivity index (χ3v) is 3.03. The van der Waals surface area contributed by atoms with Crippen molar-refractivity contribution in [3.63, 3.8) is 0 Å². The van der Waals surface area contributed by atoms with Crippen LogP contribution < -0.4 is 0 Å². The Morgan fingerprint density at radius 3 is 2.80 bits per heavy atom. The van der Waals surface area contributed by atoms with Gasteiger partial charge in [-0.15, -0.1) is 0 Å². The van der Waals surface area contributed by atoms with Crippen molar-refractivity contribution in [2.75, 3.05) is 6.61 Å². The highest BCUT2D eigenvalue weighted by Crippen LogP contribution is 2.46. The van der Waals surface area contributed by atoms with E-state index in [0.29, 0.717) is 18.6 Å². The molecule has 0 saturated carbocycles. The van der Waals surface area contributed by atoms with Crippen LogP contribution in [0.4, 0.5) is 0 Å². The van der Waals surface area contributed by atoms with Crippen molar-refractivity contribution < 1.29 is 9.84 Å². The molecule has 2 aliphatic rings. The molecule has 1 N–H and O–H groups in total. The quantitative estimate of drug-likeness (QED) is 0.590. The van der Waals surface area contributed by atoms with Crippen LogP contribution >= 0.6 is 0 Å². The van der Waals surface area contributed by atoms with Crippen LogP contribution in [0.15, 0.2) is 0 Å². The number of aliphatic hydroxyl groups excluding tert-OH is 1. The molecule has 3 atom stereocenters. The first-order valence-electron chi connectivity index (χ1n) is 4.03. The van der Waals surface area contributed by atoms with Crippen molar-refractivity contribution in [2.45, 2.75) is 37.9 Å². The van der Waals surface area contributed by atoms with Gasteiger partial charge in [0.1, 0.15) is 0 Å². The maximum Gasteiger partial charge on any atom is 0.0710 e. The van der Waals surface area contributed by atoms with Crippen molar-refractivity contribution in [3.8, 4) is 0 Å². The molecule has 2 nitrogen and oxygen atoms in total. The number of rotatable bonds is 1. The highest BCUT2D eigenvalue weighted by molar-refractivity contribution is 4.98. The van der Waals surface area contributed by atoms with E-state index in [4.69, 9.17) is 9.84 Å². The number of aliphatic hydroxyl groups is 1. The van der Waals surface area contributed by atoms with Crippen LogP contribution in [0.1, 0.15) is 26.2 Å². The molecule has 2 bridgehead atoms. The minimum absolute atomic E-state index is 0.0272. The Kier molecular flexibility index (Phi) is 1.29. The molecule has 58 valence electrons. The number of hydrogen-bond donors (Lipinski definition) is 1. The zero-order chi connectivity index (χ0) is 7.19. The fourth-order valence-electron chi connectivity index (χ4n) is 2.25. The molecule has 10 heavy (non-hydrogen) atoms. The number of hydrogen-bond acceptors (Lipinski definition) is 2. The predicted molar refractivity (Wildman–Crippen MR) is 37.7 cm³/mol. The van der Waals surface area contributed by atoms with E-state index in [1.165, 1.54) is 6.42 Å². The molecule has 0 aliphatic carbocycles. The van der Waals surface area contributed by atoms with Gasteiger partial charge in [0.05, 0.1) is 11.7 Å². The Morgan fingerprint density at radius 1 is 1.70 bits per heavy atom. The summed E-state index contributed by atoms with van der Waals surface area (Å²) >= 11 is 0. The molecule has 0 aromatic heterocycles. The van der Waals surface area contributed by atoms with Gasteiger partial charge in [-0.05, 0) is 26.2 Å². The Balaban J connectivity index is 2.14. The van der Waals surface area contributed by atoms with Crippen molar-refractivity contribution in [1.29, 1.82) is 0 Å². The van der Waals surface area contributed by atoms with E-state index in [9.17, 15) is 0 Å². The highest BCUT2D eigenvalue weighted by Gasteiger charge is 2.49. The van der Waals surface area contributed by atoms with E-state index in [-0.39, 0.29) is 5.60 Å². The van der Waals surface area contributed by atoms with E-state index in [2.05, 4.69) is 6.92 Å². The van der Waals surface area contributed by atoms with Gasteiger partial charge in [0.2, 0.25) is 0 Å². The van der Waals surface area contributed by atoms with Crippen LogP contribution in [0.3, 0.4) is 0 Å². The summed E-state index contributed by atoms with van der Waals surface area (Å²) in [5, 5.41) is 8.97. The Bertz CT molecular complexity index is 146. The van der Waals surface area contributed by atoms with Gasteiger partial charge in [0.25, 0.3) is 0 Å². The van der Waals surface area contributed by atoms with Gasteiger partial charge in [-0.2, -0.15) is 0 Å². The summed E-state index contributed by atoms with van der Waals surface area (Å²) in [6, 6.07) is 0. The zero-order valence-electron chi connectivity index (χ0n) is 6.34. The molecule has 2 heteroatoms. The zero-order valence-corrected chi connectivity index (χ0v) is 6.34. The van der Waals surface area contributed by atoms with E-state index >= 15 is 0 Å². The topological polar surface area (TPSA) is 29.5 Å². The molecule has 0 spiro atoms. The summed E-state index contributed by atoms with van der Waals surface area (Å²) in [6.45, 7) is 2.42. The monoisotopic (exact) mass is 142 g/mol. The average molecular weight is 142 g/mol. The molecule has 2 unspecified atom stereocenters. The first-order chi connectivity index (χ1) is 4.74. The maximum atomic E-state index is 8.97. The maximum absolute atomic E-state index is 8.97. The molecule has 2 saturated heterocycles. The van der Waals surface area contributed by atoms with Crippen LogP contribution in [0.5, 0.6) is 0 Å². The minimum Gasteiger partial charge on any atom is -0.396 e. The second kappa shape index (κ2) is 1.95. The molecule has 2 fully saturated rings. The van der Waals surface area contributed by atoms with E-state index in [1.807, 2.05) is 0 Å². The van der Waals surface area contributed by atoms with Gasteiger partial charge in [-0.25, -0.2) is 0 Å². The average Bonchev–Trinajstić information content (AvgIpc) is 2.41. The summed E-state index contributed by atoms with van der Waals surface area (Å²) in [7, 11) is 0. The van der Waals surface area contributed by atoms with Crippen LogP contribution in [-0.4, -0.2) is 23.4 Å². The Labute approximate surface area is 61.2 Å². The lowest BCUT2D eigenvalue weighted by molar-refractivity contribution is -0.00533. The summed E-state index contributed by atoms with van der Waals surface area (Å²) in [4.78, 5) is 0. The second-order valence-electron chi connectivity index (χ2n) is 3.71. The summed E-state index contributed by atoms with van der Waals surface area (Å²) in [5.74, 6) is 0.409. The summed E-state index contributed by atoms with van der Waals surface area (Å²) in [6.07, 6.45) is 3.88. The lowest BCUT2D eigenvalue weighted by atomic mass is 9.80.